The minimum atomic E-state index is -3.63. The number of amides is 1. The maximum absolute atomic E-state index is 13.3. The molecule has 1 aromatic rings. The summed E-state index contributed by atoms with van der Waals surface area (Å²) in [5.41, 5.74) is 1.49. The Morgan fingerprint density at radius 2 is 1.77 bits per heavy atom. The summed E-state index contributed by atoms with van der Waals surface area (Å²) in [4.78, 5) is 20.3. The van der Waals surface area contributed by atoms with Crippen LogP contribution < -0.4 is 4.74 Å². The number of piperazine rings is 1. The van der Waals surface area contributed by atoms with E-state index in [0.717, 1.165) is 57.4 Å². The fraction of sp³-hybridized carbons (Fsp3) is 0.759. The Kier molecular flexibility index (Phi) is 9.96. The third-order valence-corrected chi connectivity index (χ3v) is 11.1. The zero-order valence-electron chi connectivity index (χ0n) is 24.7. The zero-order chi connectivity index (χ0) is 28.3. The maximum Gasteiger partial charge on any atom is 0.248 e. The van der Waals surface area contributed by atoms with Crippen molar-refractivity contribution in [2.24, 2.45) is 0 Å². The summed E-state index contributed by atoms with van der Waals surface area (Å²) in [5.74, 6) is 0.678. The van der Waals surface area contributed by atoms with Crippen LogP contribution in [0.15, 0.2) is 17.0 Å². The summed E-state index contributed by atoms with van der Waals surface area (Å²) in [5, 5.41) is 0. The summed E-state index contributed by atoms with van der Waals surface area (Å²) >= 11 is 0. The first-order valence-electron chi connectivity index (χ1n) is 14.5. The SMILES string of the molecule is COc1cc(C)c2c(c1)C(C)CN(CCOCC(=O)N(C)C1CCC(N3CCN(C(C)C)CC3)CC1)S2(=O)=O. The lowest BCUT2D eigenvalue weighted by atomic mass is 9.89. The van der Waals surface area contributed by atoms with Crippen LogP contribution in [0.5, 0.6) is 5.75 Å². The van der Waals surface area contributed by atoms with Crippen LogP contribution in [0.1, 0.15) is 63.5 Å². The second kappa shape index (κ2) is 12.9. The summed E-state index contributed by atoms with van der Waals surface area (Å²) < 4.78 is 39.2. The molecule has 2 fully saturated rings. The van der Waals surface area contributed by atoms with Crippen molar-refractivity contribution < 1.29 is 22.7 Å². The minimum Gasteiger partial charge on any atom is -0.497 e. The summed E-state index contributed by atoms with van der Waals surface area (Å²) in [7, 11) is -0.164. The van der Waals surface area contributed by atoms with Gasteiger partial charge in [0, 0.05) is 64.4 Å². The van der Waals surface area contributed by atoms with E-state index in [4.69, 9.17) is 9.47 Å². The molecule has 2 aliphatic heterocycles. The second-order valence-corrected chi connectivity index (χ2v) is 13.7. The molecule has 2 heterocycles. The highest BCUT2D eigenvalue weighted by Crippen LogP contribution is 2.38. The van der Waals surface area contributed by atoms with E-state index in [-0.39, 0.29) is 37.6 Å². The second-order valence-electron chi connectivity index (χ2n) is 11.8. The van der Waals surface area contributed by atoms with Gasteiger partial charge in [0.1, 0.15) is 12.4 Å². The molecule has 0 spiro atoms. The molecule has 1 aromatic carbocycles. The van der Waals surface area contributed by atoms with Gasteiger partial charge in [-0.05, 0) is 75.6 Å². The third kappa shape index (κ3) is 6.78. The first-order valence-corrected chi connectivity index (χ1v) is 16.0. The van der Waals surface area contributed by atoms with Crippen molar-refractivity contribution in [1.82, 2.24) is 19.0 Å². The van der Waals surface area contributed by atoms with E-state index in [1.807, 2.05) is 24.9 Å². The number of carbonyl (C=O) groups is 1. The van der Waals surface area contributed by atoms with Crippen LogP contribution >= 0.6 is 0 Å². The Morgan fingerprint density at radius 1 is 1.10 bits per heavy atom. The fourth-order valence-electron chi connectivity index (χ4n) is 6.51. The van der Waals surface area contributed by atoms with Gasteiger partial charge in [-0.3, -0.25) is 14.6 Å². The molecule has 0 bridgehead atoms. The number of sulfonamides is 1. The molecule has 3 aliphatic rings. The van der Waals surface area contributed by atoms with Crippen molar-refractivity contribution >= 4 is 15.9 Å². The number of carbonyl (C=O) groups excluding carboxylic acids is 1. The van der Waals surface area contributed by atoms with E-state index >= 15 is 0 Å². The van der Waals surface area contributed by atoms with Crippen molar-refractivity contribution in [3.05, 3.63) is 23.3 Å². The maximum atomic E-state index is 13.3. The van der Waals surface area contributed by atoms with E-state index < -0.39 is 10.0 Å². The Morgan fingerprint density at radius 3 is 2.38 bits per heavy atom. The molecule has 0 N–H and O–H groups in total. The highest BCUT2D eigenvalue weighted by Gasteiger charge is 2.37. The zero-order valence-corrected chi connectivity index (χ0v) is 25.5. The molecular weight excluding hydrogens is 516 g/mol. The Hall–Kier alpha value is -1.72. The molecule has 1 aliphatic carbocycles. The molecule has 1 atom stereocenters. The van der Waals surface area contributed by atoms with Crippen LogP contribution in [0.4, 0.5) is 0 Å². The van der Waals surface area contributed by atoms with Gasteiger partial charge in [0.05, 0.1) is 18.6 Å². The minimum absolute atomic E-state index is 0.0240. The Bertz CT molecular complexity index is 1100. The van der Waals surface area contributed by atoms with Gasteiger partial charge < -0.3 is 14.4 Å². The molecule has 1 saturated heterocycles. The van der Waals surface area contributed by atoms with Crippen LogP contribution in [0, 0.1) is 6.92 Å². The smallest absolute Gasteiger partial charge is 0.248 e. The van der Waals surface area contributed by atoms with Crippen molar-refractivity contribution in [1.29, 1.82) is 0 Å². The number of rotatable bonds is 9. The van der Waals surface area contributed by atoms with Crippen molar-refractivity contribution in [3.63, 3.8) is 0 Å². The molecule has 220 valence electrons. The molecule has 0 aromatic heterocycles. The van der Waals surface area contributed by atoms with Crippen LogP contribution in [-0.2, 0) is 19.6 Å². The molecule has 39 heavy (non-hydrogen) atoms. The van der Waals surface area contributed by atoms with Gasteiger partial charge in [0.25, 0.3) is 0 Å². The fourth-order valence-corrected chi connectivity index (χ4v) is 8.52. The molecule has 10 heteroatoms. The predicted octanol–water partition coefficient (Wildman–Crippen LogP) is 2.92. The number of fused-ring (bicyclic) bond motifs is 1. The molecule has 0 radical (unpaired) electrons. The average molecular weight is 565 g/mol. The van der Waals surface area contributed by atoms with Crippen LogP contribution in [-0.4, -0.2) is 118 Å². The lowest BCUT2D eigenvalue weighted by Crippen LogP contribution is -2.53. The quantitative estimate of drug-likeness (QED) is 0.427. The van der Waals surface area contributed by atoms with E-state index in [2.05, 4.69) is 23.6 Å². The molecule has 1 amide bonds. The number of aryl methyl sites for hydroxylation is 1. The van der Waals surface area contributed by atoms with Crippen molar-refractivity contribution in [2.75, 3.05) is 66.6 Å². The number of hydrogen-bond donors (Lipinski definition) is 0. The lowest BCUT2D eigenvalue weighted by Gasteiger charge is -2.44. The average Bonchev–Trinajstić information content (AvgIpc) is 2.92. The third-order valence-electron chi connectivity index (χ3n) is 9.03. The standard InChI is InChI=1S/C29H48N4O5S/c1-21(2)31-11-13-32(14-12-31)25-9-7-24(8-10-25)30(5)28(34)20-38-16-15-33-19-23(4)27-18-26(37-6)17-22(3)29(27)39(33,35)36/h17-18,21,23-25H,7-16,19-20H2,1-6H3. The predicted molar refractivity (Wildman–Crippen MR) is 153 cm³/mol. The number of likely N-dealkylation sites (N-methyl/N-ethyl adjacent to an activating group) is 1. The molecule has 4 rings (SSSR count). The van der Waals surface area contributed by atoms with Gasteiger partial charge in [-0.25, -0.2) is 8.42 Å². The highest BCUT2D eigenvalue weighted by atomic mass is 32.2. The van der Waals surface area contributed by atoms with E-state index in [9.17, 15) is 13.2 Å². The van der Waals surface area contributed by atoms with Crippen molar-refractivity contribution in [3.8, 4) is 5.75 Å². The van der Waals surface area contributed by atoms with Crippen molar-refractivity contribution in [2.45, 2.75) is 82.3 Å². The molecule has 9 nitrogen and oxygen atoms in total. The Labute approximate surface area is 235 Å². The van der Waals surface area contributed by atoms with E-state index in [1.54, 1.807) is 20.1 Å². The monoisotopic (exact) mass is 564 g/mol. The summed E-state index contributed by atoms with van der Waals surface area (Å²) in [6.45, 7) is 13.7. The number of methoxy groups -OCH3 is 1. The van der Waals surface area contributed by atoms with Gasteiger partial charge >= 0.3 is 0 Å². The first-order chi connectivity index (χ1) is 18.5. The van der Waals surface area contributed by atoms with Gasteiger partial charge in [0.15, 0.2) is 0 Å². The Balaban J connectivity index is 1.21. The molecule has 1 unspecified atom stereocenters. The molecule has 1 saturated carbocycles. The largest absolute Gasteiger partial charge is 0.497 e. The van der Waals surface area contributed by atoms with Crippen LogP contribution in [0.3, 0.4) is 0 Å². The van der Waals surface area contributed by atoms with Crippen LogP contribution in [0.25, 0.3) is 0 Å². The summed E-state index contributed by atoms with van der Waals surface area (Å²) in [6, 6.07) is 5.07. The van der Waals surface area contributed by atoms with Gasteiger partial charge in [-0.1, -0.05) is 6.92 Å². The topological polar surface area (TPSA) is 82.6 Å². The highest BCUT2D eigenvalue weighted by molar-refractivity contribution is 7.89. The molecular formula is C29H48N4O5S. The van der Waals surface area contributed by atoms with Gasteiger partial charge in [-0.2, -0.15) is 4.31 Å². The number of ether oxygens (including phenoxy) is 2. The van der Waals surface area contributed by atoms with Crippen LogP contribution in [0.2, 0.25) is 0 Å². The number of benzene rings is 1. The lowest BCUT2D eigenvalue weighted by molar-refractivity contribution is -0.137. The van der Waals surface area contributed by atoms with Gasteiger partial charge in [0.2, 0.25) is 15.9 Å². The van der Waals surface area contributed by atoms with Gasteiger partial charge in [-0.15, -0.1) is 0 Å². The van der Waals surface area contributed by atoms with E-state index in [1.165, 1.54) is 4.31 Å². The van der Waals surface area contributed by atoms with E-state index in [0.29, 0.717) is 34.8 Å². The first kappa shape index (κ1) is 30.2. The number of nitrogens with zero attached hydrogens (tertiary/aromatic N) is 4. The number of hydrogen-bond acceptors (Lipinski definition) is 7. The normalized spacial score (nSPS) is 26.4. The summed E-state index contributed by atoms with van der Waals surface area (Å²) in [6.07, 6.45) is 4.29.